The minimum absolute atomic E-state index is 0.228. The molecule has 0 atom stereocenters. The van der Waals surface area contributed by atoms with Crippen molar-refractivity contribution in [2.75, 3.05) is 0 Å². The molecule has 0 bridgehead atoms. The van der Waals surface area contributed by atoms with E-state index in [2.05, 4.69) is 11.6 Å². The smallest absolute Gasteiger partial charge is 0.123 e. The summed E-state index contributed by atoms with van der Waals surface area (Å²) in [6.07, 6.45) is 3.51. The van der Waals surface area contributed by atoms with Gasteiger partial charge in [0, 0.05) is 16.6 Å². The Kier molecular flexibility index (Phi) is 2.41. The molecule has 0 saturated carbocycles. The Morgan fingerprint density at radius 3 is 2.57 bits per heavy atom. The Morgan fingerprint density at radius 2 is 2.00 bits per heavy atom. The van der Waals surface area contributed by atoms with Crippen molar-refractivity contribution in [1.29, 1.82) is 0 Å². The fraction of sp³-hybridized carbons (Fsp3) is 0. The molecule has 1 aromatic heterocycles. The van der Waals surface area contributed by atoms with Gasteiger partial charge >= 0.3 is 0 Å². The topological polar surface area (TPSA) is 12.9 Å². The number of aromatic nitrogens is 1. The van der Waals surface area contributed by atoms with E-state index in [0.717, 1.165) is 15.4 Å². The Morgan fingerprint density at radius 1 is 1.29 bits per heavy atom. The van der Waals surface area contributed by atoms with Gasteiger partial charge in [0.15, 0.2) is 0 Å². The maximum absolute atomic E-state index is 12.6. The van der Waals surface area contributed by atoms with Crippen molar-refractivity contribution in [1.82, 2.24) is 4.98 Å². The molecule has 0 amide bonds. The zero-order valence-corrected chi connectivity index (χ0v) is 8.22. The van der Waals surface area contributed by atoms with E-state index in [1.54, 1.807) is 35.7 Å². The lowest BCUT2D eigenvalue weighted by atomic mass is 10.2. The molecular weight excluding hydrogens is 197 g/mol. The van der Waals surface area contributed by atoms with Crippen LogP contribution in [0.25, 0.3) is 16.6 Å². The van der Waals surface area contributed by atoms with Crippen LogP contribution in [0.3, 0.4) is 0 Å². The number of hydrogen-bond acceptors (Lipinski definition) is 2. The van der Waals surface area contributed by atoms with Gasteiger partial charge in [-0.15, -0.1) is 11.3 Å². The third kappa shape index (κ3) is 1.72. The van der Waals surface area contributed by atoms with E-state index in [0.29, 0.717) is 0 Å². The van der Waals surface area contributed by atoms with Crippen LogP contribution in [0, 0.1) is 5.82 Å². The maximum Gasteiger partial charge on any atom is 0.123 e. The van der Waals surface area contributed by atoms with Crippen molar-refractivity contribution in [2.45, 2.75) is 0 Å². The zero-order valence-electron chi connectivity index (χ0n) is 7.40. The molecular formula is C11H8FNS. The number of rotatable bonds is 2. The number of benzene rings is 1. The van der Waals surface area contributed by atoms with Crippen LogP contribution in [0.5, 0.6) is 0 Å². The van der Waals surface area contributed by atoms with Crippen LogP contribution in [0.1, 0.15) is 4.88 Å². The van der Waals surface area contributed by atoms with Crippen LogP contribution in [0.4, 0.5) is 4.39 Å². The van der Waals surface area contributed by atoms with Gasteiger partial charge in [-0.05, 0) is 24.3 Å². The standard InChI is InChI=1S/C11H8FNS/c1-2-10-7-13-11(14-10)8-3-5-9(12)6-4-8/h2-7H,1H2. The minimum atomic E-state index is -0.228. The Bertz CT molecular complexity index is 445. The van der Waals surface area contributed by atoms with Crippen molar-refractivity contribution in [3.63, 3.8) is 0 Å². The molecule has 2 aromatic rings. The predicted molar refractivity (Wildman–Crippen MR) is 57.6 cm³/mol. The van der Waals surface area contributed by atoms with Crippen LogP contribution in [0.2, 0.25) is 0 Å². The second-order valence-corrected chi connectivity index (χ2v) is 3.84. The van der Waals surface area contributed by atoms with Gasteiger partial charge in [-0.2, -0.15) is 0 Å². The summed E-state index contributed by atoms with van der Waals surface area (Å²) in [6, 6.07) is 6.32. The fourth-order valence-corrected chi connectivity index (χ4v) is 1.88. The summed E-state index contributed by atoms with van der Waals surface area (Å²) < 4.78 is 12.6. The molecule has 0 unspecified atom stereocenters. The van der Waals surface area contributed by atoms with E-state index in [4.69, 9.17) is 0 Å². The first kappa shape index (κ1) is 9.09. The summed E-state index contributed by atoms with van der Waals surface area (Å²) in [5.74, 6) is -0.228. The summed E-state index contributed by atoms with van der Waals surface area (Å²) in [6.45, 7) is 3.66. The zero-order chi connectivity index (χ0) is 9.97. The second kappa shape index (κ2) is 3.72. The molecule has 0 spiro atoms. The highest BCUT2D eigenvalue weighted by atomic mass is 32.1. The van der Waals surface area contributed by atoms with Crippen molar-refractivity contribution >= 4 is 17.4 Å². The molecule has 0 aliphatic carbocycles. The lowest BCUT2D eigenvalue weighted by Crippen LogP contribution is -1.76. The van der Waals surface area contributed by atoms with Crippen molar-refractivity contribution < 1.29 is 4.39 Å². The van der Waals surface area contributed by atoms with E-state index in [-0.39, 0.29) is 5.82 Å². The molecule has 1 heterocycles. The number of thiazole rings is 1. The van der Waals surface area contributed by atoms with E-state index in [9.17, 15) is 4.39 Å². The van der Waals surface area contributed by atoms with Gasteiger partial charge in [-0.1, -0.05) is 12.7 Å². The van der Waals surface area contributed by atoms with Gasteiger partial charge in [-0.25, -0.2) is 9.37 Å². The largest absolute Gasteiger partial charge is 0.244 e. The molecule has 0 N–H and O–H groups in total. The minimum Gasteiger partial charge on any atom is -0.244 e. The predicted octanol–water partition coefficient (Wildman–Crippen LogP) is 3.59. The summed E-state index contributed by atoms with van der Waals surface area (Å²) in [4.78, 5) is 5.23. The summed E-state index contributed by atoms with van der Waals surface area (Å²) in [5, 5.41) is 0.889. The molecule has 0 fully saturated rings. The van der Waals surface area contributed by atoms with E-state index < -0.39 is 0 Å². The third-order valence-electron chi connectivity index (χ3n) is 1.82. The molecule has 70 valence electrons. The lowest BCUT2D eigenvalue weighted by molar-refractivity contribution is 0.628. The normalized spacial score (nSPS) is 10.1. The van der Waals surface area contributed by atoms with Gasteiger partial charge in [-0.3, -0.25) is 0 Å². The van der Waals surface area contributed by atoms with Crippen molar-refractivity contribution in [2.24, 2.45) is 0 Å². The van der Waals surface area contributed by atoms with E-state index in [1.807, 2.05) is 0 Å². The highest BCUT2D eigenvalue weighted by Gasteiger charge is 2.02. The molecule has 14 heavy (non-hydrogen) atoms. The molecule has 0 aliphatic rings. The Balaban J connectivity index is 2.39. The van der Waals surface area contributed by atoms with Crippen molar-refractivity contribution in [3.8, 4) is 10.6 Å². The molecule has 0 radical (unpaired) electrons. The number of hydrogen-bond donors (Lipinski definition) is 0. The van der Waals surface area contributed by atoms with Crippen LogP contribution in [-0.4, -0.2) is 4.98 Å². The first-order valence-electron chi connectivity index (χ1n) is 4.14. The SMILES string of the molecule is C=Cc1cnc(-c2ccc(F)cc2)s1. The molecule has 0 saturated heterocycles. The average molecular weight is 205 g/mol. The van der Waals surface area contributed by atoms with Crippen LogP contribution in [0.15, 0.2) is 37.0 Å². The van der Waals surface area contributed by atoms with E-state index >= 15 is 0 Å². The highest BCUT2D eigenvalue weighted by molar-refractivity contribution is 7.15. The van der Waals surface area contributed by atoms with Gasteiger partial charge in [0.05, 0.1) is 0 Å². The number of nitrogens with zero attached hydrogens (tertiary/aromatic N) is 1. The first-order chi connectivity index (χ1) is 6.79. The van der Waals surface area contributed by atoms with Gasteiger partial charge in [0.1, 0.15) is 10.8 Å². The summed E-state index contributed by atoms with van der Waals surface area (Å²) >= 11 is 1.54. The third-order valence-corrected chi connectivity index (χ3v) is 2.86. The number of halogens is 1. The fourth-order valence-electron chi connectivity index (χ4n) is 1.11. The second-order valence-electron chi connectivity index (χ2n) is 2.78. The Hall–Kier alpha value is -1.48. The molecule has 1 nitrogen and oxygen atoms in total. The summed E-state index contributed by atoms with van der Waals surface area (Å²) in [7, 11) is 0. The van der Waals surface area contributed by atoms with Crippen LogP contribution < -0.4 is 0 Å². The van der Waals surface area contributed by atoms with E-state index in [1.165, 1.54) is 12.1 Å². The molecule has 1 aromatic carbocycles. The summed E-state index contributed by atoms with van der Waals surface area (Å²) in [5.41, 5.74) is 0.935. The first-order valence-corrected chi connectivity index (χ1v) is 4.95. The highest BCUT2D eigenvalue weighted by Crippen LogP contribution is 2.25. The quantitative estimate of drug-likeness (QED) is 0.730. The van der Waals surface area contributed by atoms with Gasteiger partial charge < -0.3 is 0 Å². The Labute approximate surface area is 85.6 Å². The lowest BCUT2D eigenvalue weighted by Gasteiger charge is -1.94. The van der Waals surface area contributed by atoms with Crippen molar-refractivity contribution in [3.05, 3.63) is 47.7 Å². The maximum atomic E-state index is 12.6. The monoisotopic (exact) mass is 205 g/mol. The van der Waals surface area contributed by atoms with Gasteiger partial charge in [0.2, 0.25) is 0 Å². The molecule has 2 rings (SSSR count). The molecule has 0 aliphatic heterocycles. The molecule has 3 heteroatoms. The van der Waals surface area contributed by atoms with Crippen LogP contribution >= 0.6 is 11.3 Å². The van der Waals surface area contributed by atoms with Gasteiger partial charge in [0.25, 0.3) is 0 Å². The van der Waals surface area contributed by atoms with Crippen LogP contribution in [-0.2, 0) is 0 Å². The average Bonchev–Trinajstić information content (AvgIpc) is 2.67.